The van der Waals surface area contributed by atoms with Crippen molar-refractivity contribution in [2.75, 3.05) is 6.54 Å². The van der Waals surface area contributed by atoms with Crippen LogP contribution in [0.5, 0.6) is 0 Å². The first-order valence-corrected chi connectivity index (χ1v) is 8.19. The number of aryl methyl sites for hydroxylation is 1. The lowest BCUT2D eigenvalue weighted by molar-refractivity contribution is -0.118. The van der Waals surface area contributed by atoms with E-state index in [-0.39, 0.29) is 23.8 Å². The van der Waals surface area contributed by atoms with E-state index >= 15 is 0 Å². The summed E-state index contributed by atoms with van der Waals surface area (Å²) < 4.78 is 2.81. The van der Waals surface area contributed by atoms with Crippen molar-refractivity contribution in [2.24, 2.45) is 7.05 Å². The summed E-state index contributed by atoms with van der Waals surface area (Å²) >= 11 is 0. The van der Waals surface area contributed by atoms with Crippen LogP contribution in [0, 0.1) is 0 Å². The average Bonchev–Trinajstić information content (AvgIpc) is 2.99. The Balaban J connectivity index is 1.71. The number of carbonyl (C=O) groups is 2. The number of ketones is 1. The number of nitrogens with one attached hydrogen (secondary N) is 1. The molecule has 134 valence electrons. The number of nitrogens with zero attached hydrogens (tertiary/aromatic N) is 4. The SMILES string of the molecule is CC(=O)NCCc1ccc(C(=O)Cn2cnc3c(cnn3C)c2=O)cc1. The molecule has 0 aliphatic heterocycles. The lowest BCUT2D eigenvalue weighted by Crippen LogP contribution is -2.24. The highest BCUT2D eigenvalue weighted by Crippen LogP contribution is 2.08. The third kappa shape index (κ3) is 3.69. The van der Waals surface area contributed by atoms with Crippen molar-refractivity contribution in [1.82, 2.24) is 24.6 Å². The number of hydrogen-bond acceptors (Lipinski definition) is 5. The van der Waals surface area contributed by atoms with Gasteiger partial charge in [0.15, 0.2) is 11.4 Å². The number of fused-ring (bicyclic) bond motifs is 1. The van der Waals surface area contributed by atoms with Gasteiger partial charge < -0.3 is 5.32 Å². The highest BCUT2D eigenvalue weighted by molar-refractivity contribution is 5.96. The largest absolute Gasteiger partial charge is 0.356 e. The Hall–Kier alpha value is -3.29. The number of carbonyl (C=O) groups excluding carboxylic acids is 2. The Bertz CT molecular complexity index is 1020. The summed E-state index contributed by atoms with van der Waals surface area (Å²) in [6.07, 6.45) is 3.51. The number of benzene rings is 1. The van der Waals surface area contributed by atoms with Gasteiger partial charge in [0, 0.05) is 26.1 Å². The molecular weight excluding hydrogens is 334 g/mol. The van der Waals surface area contributed by atoms with Crippen LogP contribution < -0.4 is 10.9 Å². The predicted octanol–water partition coefficient (Wildman–Crippen LogP) is 0.691. The summed E-state index contributed by atoms with van der Waals surface area (Å²) in [5.74, 6) is -0.244. The first-order valence-electron chi connectivity index (χ1n) is 8.19. The molecule has 2 aromatic heterocycles. The number of rotatable bonds is 6. The minimum atomic E-state index is -0.289. The van der Waals surface area contributed by atoms with Gasteiger partial charge in [-0.2, -0.15) is 5.10 Å². The second-order valence-electron chi connectivity index (χ2n) is 6.04. The molecule has 2 heterocycles. The topological polar surface area (TPSA) is 98.9 Å². The van der Waals surface area contributed by atoms with Crippen molar-refractivity contribution in [2.45, 2.75) is 19.9 Å². The van der Waals surface area contributed by atoms with Gasteiger partial charge in [-0.1, -0.05) is 24.3 Å². The van der Waals surface area contributed by atoms with E-state index in [0.717, 1.165) is 5.56 Å². The van der Waals surface area contributed by atoms with Gasteiger partial charge in [-0.15, -0.1) is 0 Å². The molecule has 0 spiro atoms. The molecule has 0 atom stereocenters. The van der Waals surface area contributed by atoms with Crippen molar-refractivity contribution in [3.63, 3.8) is 0 Å². The molecule has 1 aromatic carbocycles. The van der Waals surface area contributed by atoms with Gasteiger partial charge in [0.25, 0.3) is 5.56 Å². The van der Waals surface area contributed by atoms with E-state index in [9.17, 15) is 14.4 Å². The summed E-state index contributed by atoms with van der Waals surface area (Å²) in [5, 5.41) is 7.12. The van der Waals surface area contributed by atoms with Gasteiger partial charge in [-0.05, 0) is 12.0 Å². The first kappa shape index (κ1) is 17.5. The molecule has 0 unspecified atom stereocenters. The molecule has 0 bridgehead atoms. The zero-order chi connectivity index (χ0) is 18.7. The monoisotopic (exact) mass is 353 g/mol. The maximum atomic E-state index is 12.5. The van der Waals surface area contributed by atoms with Crippen LogP contribution in [-0.4, -0.2) is 37.6 Å². The average molecular weight is 353 g/mol. The standard InChI is InChI=1S/C18H19N5O3/c1-12(24)19-8-7-13-3-5-14(6-4-13)16(25)10-23-11-20-17-15(18(23)26)9-21-22(17)2/h3-6,9,11H,7-8,10H2,1-2H3,(H,19,24). The summed E-state index contributed by atoms with van der Waals surface area (Å²) in [4.78, 5) is 39.9. The molecule has 0 saturated carbocycles. The van der Waals surface area contributed by atoms with Crippen LogP contribution >= 0.6 is 0 Å². The van der Waals surface area contributed by atoms with E-state index in [1.807, 2.05) is 12.1 Å². The van der Waals surface area contributed by atoms with E-state index in [1.54, 1.807) is 19.2 Å². The second-order valence-corrected chi connectivity index (χ2v) is 6.04. The highest BCUT2D eigenvalue weighted by atomic mass is 16.1. The molecule has 8 nitrogen and oxygen atoms in total. The molecular formula is C18H19N5O3. The maximum Gasteiger partial charge on any atom is 0.264 e. The summed E-state index contributed by atoms with van der Waals surface area (Å²) in [6, 6.07) is 7.15. The van der Waals surface area contributed by atoms with E-state index in [1.165, 1.54) is 28.7 Å². The van der Waals surface area contributed by atoms with Crippen LogP contribution in [0.2, 0.25) is 0 Å². The lowest BCUT2D eigenvalue weighted by Gasteiger charge is -2.06. The number of aromatic nitrogens is 4. The van der Waals surface area contributed by atoms with Gasteiger partial charge in [0.1, 0.15) is 11.7 Å². The van der Waals surface area contributed by atoms with Crippen molar-refractivity contribution < 1.29 is 9.59 Å². The van der Waals surface area contributed by atoms with Crippen LogP contribution in [0.1, 0.15) is 22.8 Å². The molecule has 8 heteroatoms. The zero-order valence-corrected chi connectivity index (χ0v) is 14.6. The van der Waals surface area contributed by atoms with Crippen molar-refractivity contribution in [3.05, 3.63) is 58.3 Å². The molecule has 0 aliphatic carbocycles. The quantitative estimate of drug-likeness (QED) is 0.658. The van der Waals surface area contributed by atoms with E-state index < -0.39 is 0 Å². The Morgan fingerprint density at radius 2 is 1.92 bits per heavy atom. The van der Waals surface area contributed by atoms with E-state index in [0.29, 0.717) is 29.6 Å². The van der Waals surface area contributed by atoms with E-state index in [4.69, 9.17) is 0 Å². The fraction of sp³-hybridized carbons (Fsp3) is 0.278. The van der Waals surface area contributed by atoms with E-state index in [2.05, 4.69) is 15.4 Å². The predicted molar refractivity (Wildman–Crippen MR) is 95.9 cm³/mol. The smallest absolute Gasteiger partial charge is 0.264 e. The van der Waals surface area contributed by atoms with Gasteiger partial charge in [-0.25, -0.2) is 4.98 Å². The lowest BCUT2D eigenvalue weighted by atomic mass is 10.1. The number of Topliss-reactive ketones (excluding diaryl/α,β-unsaturated/α-hetero) is 1. The Labute approximate surface area is 149 Å². The number of amides is 1. The minimum Gasteiger partial charge on any atom is -0.356 e. The van der Waals surface area contributed by atoms with Gasteiger partial charge in [0.05, 0.1) is 12.7 Å². The summed E-state index contributed by atoms with van der Waals surface area (Å²) in [6.45, 7) is 1.94. The van der Waals surface area contributed by atoms with Crippen LogP contribution in [-0.2, 0) is 24.8 Å². The molecule has 0 saturated heterocycles. The first-order chi connectivity index (χ1) is 12.5. The summed E-state index contributed by atoms with van der Waals surface area (Å²) in [7, 11) is 1.71. The van der Waals surface area contributed by atoms with Crippen molar-refractivity contribution in [1.29, 1.82) is 0 Å². The molecule has 1 amide bonds. The molecule has 3 rings (SSSR count). The van der Waals surface area contributed by atoms with Crippen LogP contribution in [0.3, 0.4) is 0 Å². The molecule has 3 aromatic rings. The van der Waals surface area contributed by atoms with Gasteiger partial charge >= 0.3 is 0 Å². The molecule has 0 fully saturated rings. The third-order valence-electron chi connectivity index (χ3n) is 4.10. The molecule has 0 aliphatic rings. The number of hydrogen-bond donors (Lipinski definition) is 1. The van der Waals surface area contributed by atoms with Crippen molar-refractivity contribution in [3.8, 4) is 0 Å². The molecule has 1 N–H and O–H groups in total. The maximum absolute atomic E-state index is 12.5. The third-order valence-corrected chi connectivity index (χ3v) is 4.10. The van der Waals surface area contributed by atoms with Crippen molar-refractivity contribution >= 4 is 22.7 Å². The Morgan fingerprint density at radius 1 is 1.19 bits per heavy atom. The van der Waals surface area contributed by atoms with Crippen LogP contribution in [0.4, 0.5) is 0 Å². The van der Waals surface area contributed by atoms with Crippen LogP contribution in [0.25, 0.3) is 11.0 Å². The Kier molecular flexibility index (Phi) is 4.92. The second kappa shape index (κ2) is 7.30. The van der Waals surface area contributed by atoms with Gasteiger partial charge in [0.2, 0.25) is 5.91 Å². The minimum absolute atomic E-state index is 0.0681. The zero-order valence-electron chi connectivity index (χ0n) is 14.6. The Morgan fingerprint density at radius 3 is 2.62 bits per heavy atom. The summed E-state index contributed by atoms with van der Waals surface area (Å²) in [5.41, 5.74) is 1.74. The van der Waals surface area contributed by atoms with Crippen LogP contribution in [0.15, 0.2) is 41.6 Å². The molecule has 26 heavy (non-hydrogen) atoms. The fourth-order valence-electron chi connectivity index (χ4n) is 2.67. The highest BCUT2D eigenvalue weighted by Gasteiger charge is 2.12. The fourth-order valence-corrected chi connectivity index (χ4v) is 2.67. The normalized spacial score (nSPS) is 10.8. The molecule has 0 radical (unpaired) electrons. The van der Waals surface area contributed by atoms with Gasteiger partial charge in [-0.3, -0.25) is 23.6 Å².